The van der Waals surface area contributed by atoms with E-state index in [-0.39, 0.29) is 16.2 Å². The number of unbranched alkanes of at least 4 members (excludes halogenated alkanes) is 15. The van der Waals surface area contributed by atoms with Gasteiger partial charge in [-0.3, -0.25) is 0 Å². The van der Waals surface area contributed by atoms with Crippen molar-refractivity contribution in [1.29, 1.82) is 0 Å². The van der Waals surface area contributed by atoms with Crippen LogP contribution in [0.4, 0.5) is 45.5 Å². The quantitative estimate of drug-likeness (QED) is 0.0455. The van der Waals surface area contributed by atoms with Gasteiger partial charge >= 0.3 is 0 Å². The van der Waals surface area contributed by atoms with Gasteiger partial charge in [0.1, 0.15) is 0 Å². The second kappa shape index (κ2) is 37.0. The molecule has 4 heteroatoms. The summed E-state index contributed by atoms with van der Waals surface area (Å²) in [6.07, 6.45) is 27.1. The highest BCUT2D eigenvalue weighted by molar-refractivity contribution is 5.86. The minimum absolute atomic E-state index is 0.0889. The lowest BCUT2D eigenvalue weighted by Crippen LogP contribution is -2.25. The van der Waals surface area contributed by atoms with Crippen LogP contribution in [-0.4, -0.2) is 6.54 Å². The average molecular weight is 1430 g/mol. The van der Waals surface area contributed by atoms with Crippen molar-refractivity contribution in [3.8, 4) is 33.8 Å². The van der Waals surface area contributed by atoms with E-state index in [4.69, 9.17) is 4.74 Å². The maximum atomic E-state index is 6.19. The van der Waals surface area contributed by atoms with E-state index >= 15 is 0 Å². The zero-order valence-corrected chi connectivity index (χ0v) is 69.6. The van der Waals surface area contributed by atoms with Crippen LogP contribution in [0.5, 0.6) is 11.5 Å². The summed E-state index contributed by atoms with van der Waals surface area (Å²) in [4.78, 5) is 7.27. The minimum atomic E-state index is 0.0889. The van der Waals surface area contributed by atoms with Crippen LogP contribution < -0.4 is 19.4 Å². The van der Waals surface area contributed by atoms with Crippen LogP contribution >= 0.6 is 0 Å². The van der Waals surface area contributed by atoms with Crippen molar-refractivity contribution < 1.29 is 4.74 Å². The summed E-state index contributed by atoms with van der Waals surface area (Å²) in [5.41, 5.74) is 34.3. The molecule has 4 nitrogen and oxygen atoms in total. The number of anilines is 8. The van der Waals surface area contributed by atoms with E-state index in [1.54, 1.807) is 11.1 Å². The SMILES string of the molecule is CCCCCCCCC1(CCCCCCCC)c2cc(C)ccc2-c2ccc(C)cc21.CCCCCCCCN1c2ccc(C)cc2Oc2cc(C)ccc21.Cc1ccc(N(c2ccc(-c3ccc(N(c4ccc(C)cc4)c4c(C)cc(C(C)(C)C)cc4C)cc3)cc2)c2c(C)cc(C(C)(C)C)cc2C)cc1. The number of ether oxygens (including phenoxy) is 1. The highest BCUT2D eigenvalue weighted by atomic mass is 16.5. The third-order valence-corrected chi connectivity index (χ3v) is 22.7. The second-order valence-electron chi connectivity index (χ2n) is 34.0. The fourth-order valence-electron chi connectivity index (χ4n) is 16.5. The molecule has 0 unspecified atom stereocenters. The van der Waals surface area contributed by atoms with Crippen LogP contribution in [0.15, 0.2) is 194 Å². The molecule has 0 fully saturated rings. The molecule has 0 spiro atoms. The summed E-state index contributed by atoms with van der Waals surface area (Å²) in [7, 11) is 0. The fraction of sp³-hybridized carbons (Fsp3) is 0.417. The van der Waals surface area contributed by atoms with Gasteiger partial charge in [-0.15, -0.1) is 0 Å². The Morgan fingerprint density at radius 2 is 0.598 bits per heavy atom. The standard InChI is InChI=1S/C50H56N2.C31H46.C22H29NO/c1-33-13-21-43(22-14-33)51(47-35(3)29-41(30-36(47)4)49(7,8)9)45-25-17-39(18-26-45)40-19-27-46(28-20-40)52(44-23-15-34(2)16-24-44)48-37(5)31-42(32-38(48)6)50(10,11)12;1-5-7-9-11-13-15-21-31(22-16-14-12-10-8-6-2)29-23-25(3)17-19-27(29)28-20-18-26(4)24-30(28)31;1-4-5-6-7-8-9-14-23-19-12-10-17(2)15-21(19)24-22-16-18(3)11-13-20(22)23/h13-32H,1-12H3;17-20,23-24H,5-16,21-22H2,1-4H3;10-13,15-16H,4-9,14H2,1-3H3. The Kier molecular flexibility index (Phi) is 28.0. The number of aryl methyl sites for hydroxylation is 10. The normalized spacial score (nSPS) is 12.6. The smallest absolute Gasteiger partial charge is 0.151 e. The van der Waals surface area contributed by atoms with Crippen LogP contribution in [0.1, 0.15) is 269 Å². The van der Waals surface area contributed by atoms with Crippen LogP contribution in [-0.2, 0) is 16.2 Å². The van der Waals surface area contributed by atoms with Crippen molar-refractivity contribution >= 4 is 45.5 Å². The topological polar surface area (TPSA) is 19.0 Å². The fourth-order valence-corrected chi connectivity index (χ4v) is 16.5. The van der Waals surface area contributed by atoms with Gasteiger partial charge in [0.25, 0.3) is 0 Å². The largest absolute Gasteiger partial charge is 0.453 e. The van der Waals surface area contributed by atoms with E-state index < -0.39 is 0 Å². The molecule has 1 aliphatic heterocycles. The first-order valence-corrected chi connectivity index (χ1v) is 41.4. The molecule has 0 saturated heterocycles. The van der Waals surface area contributed by atoms with E-state index in [1.165, 1.54) is 240 Å². The van der Waals surface area contributed by atoms with Gasteiger partial charge in [0, 0.05) is 34.7 Å². The summed E-state index contributed by atoms with van der Waals surface area (Å²) >= 11 is 0. The average Bonchev–Trinajstić information content (AvgIpc) is 1.58. The molecule has 0 aromatic heterocycles. The molecular weight excluding hydrogens is 1300 g/mol. The van der Waals surface area contributed by atoms with Crippen molar-refractivity contribution in [2.75, 3.05) is 21.2 Å². The number of nitrogens with zero attached hydrogens (tertiary/aromatic N) is 3. The van der Waals surface area contributed by atoms with Crippen molar-refractivity contribution in [2.45, 2.75) is 276 Å². The van der Waals surface area contributed by atoms with Gasteiger partial charge in [-0.2, -0.15) is 0 Å². The molecule has 0 N–H and O–H groups in total. The zero-order valence-electron chi connectivity index (χ0n) is 69.6. The lowest BCUT2D eigenvalue weighted by molar-refractivity contribution is 0.397. The van der Waals surface area contributed by atoms with E-state index in [9.17, 15) is 0 Å². The van der Waals surface area contributed by atoms with Gasteiger partial charge in [0.15, 0.2) is 11.5 Å². The van der Waals surface area contributed by atoms with E-state index in [0.29, 0.717) is 0 Å². The highest BCUT2D eigenvalue weighted by Crippen LogP contribution is 2.55. The first kappa shape index (κ1) is 80.9. The molecule has 0 amide bonds. The van der Waals surface area contributed by atoms with Crippen LogP contribution in [0, 0.1) is 69.2 Å². The molecule has 0 saturated carbocycles. The molecule has 10 aromatic rings. The Hall–Kier alpha value is -8.60. The van der Waals surface area contributed by atoms with Gasteiger partial charge in [0.05, 0.1) is 22.7 Å². The molecule has 0 bridgehead atoms. The molecule has 564 valence electrons. The predicted molar refractivity (Wildman–Crippen MR) is 468 cm³/mol. The number of hydrogen-bond acceptors (Lipinski definition) is 4. The molecule has 0 radical (unpaired) electrons. The number of rotatable bonds is 28. The zero-order chi connectivity index (χ0) is 76.6. The number of fused-ring (bicyclic) bond motifs is 5. The Balaban J connectivity index is 0.000000188. The molecule has 2 aliphatic rings. The molecule has 1 heterocycles. The maximum Gasteiger partial charge on any atom is 0.151 e. The first-order valence-electron chi connectivity index (χ1n) is 41.4. The summed E-state index contributed by atoms with van der Waals surface area (Å²) in [6.45, 7) is 43.7. The summed E-state index contributed by atoms with van der Waals surface area (Å²) in [5.74, 6) is 1.97. The van der Waals surface area contributed by atoms with Crippen molar-refractivity contribution in [2.24, 2.45) is 0 Å². The lowest BCUT2D eigenvalue weighted by Gasteiger charge is -2.33. The molecule has 0 atom stereocenters. The summed E-state index contributed by atoms with van der Waals surface area (Å²) in [6, 6.07) is 72.8. The Morgan fingerprint density at radius 3 is 0.935 bits per heavy atom. The van der Waals surface area contributed by atoms with Crippen molar-refractivity contribution in [1.82, 2.24) is 0 Å². The van der Waals surface area contributed by atoms with E-state index in [2.05, 4.69) is 340 Å². The lowest BCUT2D eigenvalue weighted by atomic mass is 9.70. The highest BCUT2D eigenvalue weighted by Gasteiger charge is 2.42. The van der Waals surface area contributed by atoms with Crippen molar-refractivity contribution in [3.05, 3.63) is 272 Å². The van der Waals surface area contributed by atoms with Gasteiger partial charge in [-0.05, 0) is 250 Å². The summed E-state index contributed by atoms with van der Waals surface area (Å²) < 4.78 is 6.19. The van der Waals surface area contributed by atoms with Crippen LogP contribution in [0.2, 0.25) is 0 Å². The molecule has 10 aromatic carbocycles. The van der Waals surface area contributed by atoms with Gasteiger partial charge in [-0.25, -0.2) is 0 Å². The Morgan fingerprint density at radius 1 is 0.308 bits per heavy atom. The first-order chi connectivity index (χ1) is 51.3. The van der Waals surface area contributed by atoms with Crippen molar-refractivity contribution in [3.63, 3.8) is 0 Å². The number of benzene rings is 10. The molecule has 12 rings (SSSR count). The second-order valence-corrected chi connectivity index (χ2v) is 34.0. The molecule has 1 aliphatic carbocycles. The third-order valence-electron chi connectivity index (χ3n) is 22.7. The molecule has 107 heavy (non-hydrogen) atoms. The Labute approximate surface area is 649 Å². The van der Waals surface area contributed by atoms with Crippen LogP contribution in [0.25, 0.3) is 22.3 Å². The van der Waals surface area contributed by atoms with E-state index in [0.717, 1.165) is 40.8 Å². The van der Waals surface area contributed by atoms with Gasteiger partial charge in [-0.1, -0.05) is 315 Å². The minimum Gasteiger partial charge on any atom is -0.453 e. The summed E-state index contributed by atoms with van der Waals surface area (Å²) in [5, 5.41) is 0. The van der Waals surface area contributed by atoms with Crippen LogP contribution in [0.3, 0.4) is 0 Å². The number of hydrogen-bond donors (Lipinski definition) is 0. The molecular formula is C103H131N3O. The Bertz CT molecular complexity index is 4190. The van der Waals surface area contributed by atoms with E-state index in [1.807, 2.05) is 0 Å². The monoisotopic (exact) mass is 1430 g/mol. The third kappa shape index (κ3) is 20.2. The van der Waals surface area contributed by atoms with Gasteiger partial charge in [0.2, 0.25) is 0 Å². The van der Waals surface area contributed by atoms with Gasteiger partial charge < -0.3 is 19.4 Å². The predicted octanol–water partition coefficient (Wildman–Crippen LogP) is 31.7. The maximum absolute atomic E-state index is 6.19.